The van der Waals surface area contributed by atoms with Gasteiger partial charge in [-0.2, -0.15) is 0 Å². The second kappa shape index (κ2) is 6.18. The first-order valence-electron chi connectivity index (χ1n) is 5.72. The Hall–Kier alpha value is -1.64. The number of ketones is 1. The number of hydrogen-bond donors (Lipinski definition) is 0. The number of carbonyl (C=O) groups excluding carboxylic acids is 2. The lowest BCUT2D eigenvalue weighted by atomic mass is 9.91. The zero-order chi connectivity index (χ0) is 12.8. The minimum atomic E-state index is -0.384. The maximum absolute atomic E-state index is 11.6. The Balaban J connectivity index is 2.73. The van der Waals surface area contributed by atoms with Gasteiger partial charge in [0.15, 0.2) is 0 Å². The lowest BCUT2D eigenvalue weighted by Gasteiger charge is -2.21. The summed E-state index contributed by atoms with van der Waals surface area (Å²) in [5, 5.41) is 0. The van der Waals surface area contributed by atoms with Crippen LogP contribution in [0.4, 0.5) is 0 Å². The average Bonchev–Trinajstić information content (AvgIpc) is 2.25. The van der Waals surface area contributed by atoms with E-state index in [0.29, 0.717) is 6.42 Å². The summed E-state index contributed by atoms with van der Waals surface area (Å²) in [6, 6.07) is 9.74. The Labute approximate surface area is 102 Å². The van der Waals surface area contributed by atoms with Crippen molar-refractivity contribution < 1.29 is 14.3 Å². The molecule has 0 aliphatic rings. The zero-order valence-corrected chi connectivity index (χ0v) is 10.5. The molecule has 0 spiro atoms. The highest BCUT2D eigenvalue weighted by atomic mass is 16.5. The van der Waals surface area contributed by atoms with Gasteiger partial charge in [-0.1, -0.05) is 30.3 Å². The highest BCUT2D eigenvalue weighted by molar-refractivity contribution is 5.79. The number of hydrogen-bond acceptors (Lipinski definition) is 3. The number of ether oxygens (including phenoxy) is 1. The van der Waals surface area contributed by atoms with Crippen molar-refractivity contribution in [2.45, 2.75) is 33.3 Å². The van der Waals surface area contributed by atoms with Crippen LogP contribution < -0.4 is 0 Å². The van der Waals surface area contributed by atoms with Crippen LogP contribution >= 0.6 is 0 Å². The molecule has 0 saturated carbocycles. The fourth-order valence-corrected chi connectivity index (χ4v) is 1.85. The van der Waals surface area contributed by atoms with Gasteiger partial charge in [0.05, 0.1) is 5.92 Å². The molecule has 0 heterocycles. The van der Waals surface area contributed by atoms with Crippen molar-refractivity contribution in [1.82, 2.24) is 0 Å². The van der Waals surface area contributed by atoms with Gasteiger partial charge < -0.3 is 4.74 Å². The molecule has 0 aromatic heterocycles. The van der Waals surface area contributed by atoms with E-state index < -0.39 is 0 Å². The lowest BCUT2D eigenvalue weighted by Crippen LogP contribution is -2.30. The molecule has 17 heavy (non-hydrogen) atoms. The van der Waals surface area contributed by atoms with E-state index in [1.165, 1.54) is 13.8 Å². The third-order valence-electron chi connectivity index (χ3n) is 2.74. The van der Waals surface area contributed by atoms with Crippen molar-refractivity contribution in [3.8, 4) is 0 Å². The third-order valence-corrected chi connectivity index (χ3v) is 2.74. The predicted molar refractivity (Wildman–Crippen MR) is 65.5 cm³/mol. The molecule has 0 saturated heterocycles. The van der Waals surface area contributed by atoms with Gasteiger partial charge in [-0.25, -0.2) is 0 Å². The molecule has 0 fully saturated rings. The molecule has 3 heteroatoms. The number of rotatable bonds is 5. The predicted octanol–water partition coefficient (Wildman–Crippen LogP) is 2.39. The molecule has 1 aromatic carbocycles. The minimum absolute atomic E-state index is 0.0441. The first-order chi connectivity index (χ1) is 8.00. The Bertz CT molecular complexity index is 384. The summed E-state index contributed by atoms with van der Waals surface area (Å²) in [5.41, 5.74) is 1.08. The molecular formula is C14H18O3. The molecule has 0 aliphatic heterocycles. The van der Waals surface area contributed by atoms with Crippen LogP contribution in [0.5, 0.6) is 0 Å². The van der Waals surface area contributed by atoms with Gasteiger partial charge in [-0.3, -0.25) is 9.59 Å². The number of Topliss-reactive ketones (excluding diaryl/α,β-unsaturated/α-hetero) is 1. The Morgan fingerprint density at radius 3 is 2.24 bits per heavy atom. The van der Waals surface area contributed by atoms with Gasteiger partial charge in [0, 0.05) is 6.92 Å². The molecule has 0 amide bonds. The fraction of sp³-hybridized carbons (Fsp3) is 0.429. The largest absolute Gasteiger partial charge is 0.462 e. The molecule has 0 bridgehead atoms. The lowest BCUT2D eigenvalue weighted by molar-refractivity contribution is -0.149. The van der Waals surface area contributed by atoms with Gasteiger partial charge in [0.2, 0.25) is 0 Å². The minimum Gasteiger partial charge on any atom is -0.462 e. The molecular weight excluding hydrogens is 216 g/mol. The van der Waals surface area contributed by atoms with Crippen molar-refractivity contribution in [2.75, 3.05) is 0 Å². The first-order valence-corrected chi connectivity index (χ1v) is 5.72. The summed E-state index contributed by atoms with van der Waals surface area (Å²) < 4.78 is 5.09. The van der Waals surface area contributed by atoms with Crippen molar-refractivity contribution in [2.24, 2.45) is 5.92 Å². The van der Waals surface area contributed by atoms with Crippen molar-refractivity contribution in [3.63, 3.8) is 0 Å². The summed E-state index contributed by atoms with van der Waals surface area (Å²) in [4.78, 5) is 22.5. The van der Waals surface area contributed by atoms with E-state index in [9.17, 15) is 9.59 Å². The normalized spacial score (nSPS) is 13.8. The second-order valence-electron chi connectivity index (χ2n) is 4.22. The smallest absolute Gasteiger partial charge is 0.302 e. The van der Waals surface area contributed by atoms with Crippen LogP contribution in [0.1, 0.15) is 26.3 Å². The fourth-order valence-electron chi connectivity index (χ4n) is 1.85. The van der Waals surface area contributed by atoms with E-state index in [2.05, 4.69) is 0 Å². The molecule has 1 aromatic rings. The summed E-state index contributed by atoms with van der Waals surface area (Å²) >= 11 is 0. The highest BCUT2D eigenvalue weighted by Gasteiger charge is 2.24. The van der Waals surface area contributed by atoms with Gasteiger partial charge in [0.25, 0.3) is 0 Å². The van der Waals surface area contributed by atoms with Gasteiger partial charge in [-0.15, -0.1) is 0 Å². The zero-order valence-electron chi connectivity index (χ0n) is 10.5. The monoisotopic (exact) mass is 234 g/mol. The standard InChI is InChI=1S/C14H18O3/c1-10(15)14(11(2)17-12(3)16)9-13-7-5-4-6-8-13/h4-8,11,14H,9H2,1-3H3. The third kappa shape index (κ3) is 4.39. The topological polar surface area (TPSA) is 43.4 Å². The van der Waals surface area contributed by atoms with Crippen molar-refractivity contribution >= 4 is 11.8 Å². The van der Waals surface area contributed by atoms with E-state index in [4.69, 9.17) is 4.74 Å². The van der Waals surface area contributed by atoms with Crippen LogP contribution in [-0.2, 0) is 20.7 Å². The van der Waals surface area contributed by atoms with Gasteiger partial charge in [-0.05, 0) is 25.8 Å². The summed E-state index contributed by atoms with van der Waals surface area (Å²) in [6.07, 6.45) is 0.218. The SMILES string of the molecule is CC(=O)OC(C)C(Cc1ccccc1)C(C)=O. The van der Waals surface area contributed by atoms with E-state index in [1.807, 2.05) is 30.3 Å². The molecule has 1 rings (SSSR count). The quantitative estimate of drug-likeness (QED) is 0.735. The van der Waals surface area contributed by atoms with Crippen LogP contribution in [0.15, 0.2) is 30.3 Å². The van der Waals surface area contributed by atoms with E-state index in [0.717, 1.165) is 5.56 Å². The maximum Gasteiger partial charge on any atom is 0.302 e. The van der Waals surface area contributed by atoms with E-state index in [-0.39, 0.29) is 23.8 Å². The van der Waals surface area contributed by atoms with Crippen LogP contribution in [0.2, 0.25) is 0 Å². The molecule has 0 N–H and O–H groups in total. The van der Waals surface area contributed by atoms with E-state index in [1.54, 1.807) is 6.92 Å². The summed E-state index contributed by atoms with van der Waals surface area (Å²) in [6.45, 7) is 4.65. The van der Waals surface area contributed by atoms with Gasteiger partial charge >= 0.3 is 5.97 Å². The number of esters is 1. The second-order valence-corrected chi connectivity index (χ2v) is 4.22. The van der Waals surface area contributed by atoms with Crippen LogP contribution in [0, 0.1) is 5.92 Å². The number of benzene rings is 1. The van der Waals surface area contributed by atoms with Crippen LogP contribution in [0.3, 0.4) is 0 Å². The Kier molecular flexibility index (Phi) is 4.88. The first kappa shape index (κ1) is 13.4. The van der Waals surface area contributed by atoms with Crippen molar-refractivity contribution in [1.29, 1.82) is 0 Å². The molecule has 2 atom stereocenters. The highest BCUT2D eigenvalue weighted by Crippen LogP contribution is 2.16. The van der Waals surface area contributed by atoms with Gasteiger partial charge in [0.1, 0.15) is 11.9 Å². The molecule has 0 aliphatic carbocycles. The molecule has 92 valence electrons. The average molecular weight is 234 g/mol. The molecule has 2 unspecified atom stereocenters. The van der Waals surface area contributed by atoms with Crippen LogP contribution in [0.25, 0.3) is 0 Å². The Morgan fingerprint density at radius 1 is 1.18 bits per heavy atom. The maximum atomic E-state index is 11.6. The number of carbonyl (C=O) groups is 2. The molecule has 3 nitrogen and oxygen atoms in total. The molecule has 0 radical (unpaired) electrons. The summed E-state index contributed by atoms with van der Waals surface area (Å²) in [5.74, 6) is -0.583. The van der Waals surface area contributed by atoms with Crippen LogP contribution in [-0.4, -0.2) is 17.9 Å². The van der Waals surface area contributed by atoms with Crippen molar-refractivity contribution in [3.05, 3.63) is 35.9 Å². The van der Waals surface area contributed by atoms with E-state index >= 15 is 0 Å². The summed E-state index contributed by atoms with van der Waals surface area (Å²) in [7, 11) is 0. The Morgan fingerprint density at radius 2 is 1.76 bits per heavy atom.